The Morgan fingerprint density at radius 1 is 1.16 bits per heavy atom. The number of carbonyl (C=O) groups excluding carboxylic acids is 1. The van der Waals surface area contributed by atoms with Gasteiger partial charge < -0.3 is 10.2 Å². The number of carbonyl (C=O) groups is 1. The fourth-order valence-corrected chi connectivity index (χ4v) is 3.11. The van der Waals surface area contributed by atoms with E-state index in [1.807, 2.05) is 42.3 Å². The summed E-state index contributed by atoms with van der Waals surface area (Å²) in [5.74, 6) is 0.0730. The van der Waals surface area contributed by atoms with E-state index in [4.69, 9.17) is 0 Å². The summed E-state index contributed by atoms with van der Waals surface area (Å²) in [5.41, 5.74) is 2.90. The molecule has 0 radical (unpaired) electrons. The molecule has 7 heteroatoms. The van der Waals surface area contributed by atoms with Crippen molar-refractivity contribution in [1.29, 1.82) is 0 Å². The fraction of sp³-hybridized carbons (Fsp3) is 0.278. The first-order valence-corrected chi connectivity index (χ1v) is 8.32. The van der Waals surface area contributed by atoms with Gasteiger partial charge in [-0.3, -0.25) is 14.2 Å². The smallest absolute Gasteiger partial charge is 0.249 e. The minimum absolute atomic E-state index is 0.0730. The van der Waals surface area contributed by atoms with Crippen LogP contribution in [0.25, 0.3) is 0 Å². The molecule has 1 N–H and O–H groups in total. The van der Waals surface area contributed by atoms with E-state index in [2.05, 4.69) is 27.6 Å². The number of nitrogens with zero attached hydrogens (tertiary/aromatic N) is 5. The van der Waals surface area contributed by atoms with E-state index in [9.17, 15) is 4.79 Å². The van der Waals surface area contributed by atoms with Crippen LogP contribution in [0, 0.1) is 0 Å². The number of nitrogens with one attached hydrogen (secondary N) is 1. The molecule has 0 spiro atoms. The van der Waals surface area contributed by atoms with Gasteiger partial charge in [0, 0.05) is 26.0 Å². The van der Waals surface area contributed by atoms with Crippen LogP contribution in [0.2, 0.25) is 0 Å². The third kappa shape index (κ3) is 3.26. The van der Waals surface area contributed by atoms with Crippen molar-refractivity contribution in [2.45, 2.75) is 19.0 Å². The first-order chi connectivity index (χ1) is 12.2. The van der Waals surface area contributed by atoms with Crippen molar-refractivity contribution in [2.75, 3.05) is 16.8 Å². The van der Waals surface area contributed by atoms with Crippen molar-refractivity contribution < 1.29 is 4.79 Å². The molecule has 1 fully saturated rings. The molecule has 1 aliphatic rings. The van der Waals surface area contributed by atoms with Crippen LogP contribution in [0.4, 0.5) is 11.4 Å². The van der Waals surface area contributed by atoms with Crippen LogP contribution < -0.4 is 10.2 Å². The highest BCUT2D eigenvalue weighted by atomic mass is 16.2. The lowest BCUT2D eigenvalue weighted by molar-refractivity contribution is -0.117. The van der Waals surface area contributed by atoms with Crippen molar-refractivity contribution in [3.8, 4) is 0 Å². The molecule has 0 saturated carbocycles. The molecule has 0 aliphatic carbocycles. The van der Waals surface area contributed by atoms with E-state index in [0.29, 0.717) is 13.1 Å². The number of aryl methyl sites for hydroxylation is 1. The van der Waals surface area contributed by atoms with E-state index >= 15 is 0 Å². The van der Waals surface area contributed by atoms with E-state index < -0.39 is 0 Å². The minimum atomic E-state index is -0.227. The van der Waals surface area contributed by atoms with Crippen LogP contribution >= 0.6 is 0 Å². The number of hydrogen-bond donors (Lipinski definition) is 1. The fourth-order valence-electron chi connectivity index (χ4n) is 3.11. The van der Waals surface area contributed by atoms with Gasteiger partial charge in [-0.25, -0.2) is 0 Å². The summed E-state index contributed by atoms with van der Waals surface area (Å²) in [7, 11) is 1.85. The highest BCUT2D eigenvalue weighted by Crippen LogP contribution is 2.23. The van der Waals surface area contributed by atoms with Crippen LogP contribution in [-0.2, 0) is 18.4 Å². The van der Waals surface area contributed by atoms with E-state index in [-0.39, 0.29) is 11.9 Å². The molecule has 25 heavy (non-hydrogen) atoms. The van der Waals surface area contributed by atoms with Gasteiger partial charge in [0.15, 0.2) is 0 Å². The second kappa shape index (κ2) is 6.43. The van der Waals surface area contributed by atoms with Gasteiger partial charge in [-0.05, 0) is 12.0 Å². The zero-order valence-electron chi connectivity index (χ0n) is 14.0. The third-order valence-corrected chi connectivity index (χ3v) is 4.37. The molecule has 128 valence electrons. The molecular formula is C18H20N6O. The number of hydrogen-bond acceptors (Lipinski definition) is 4. The maximum atomic E-state index is 12.6. The van der Waals surface area contributed by atoms with Crippen molar-refractivity contribution in [3.63, 3.8) is 0 Å². The Balaban J connectivity index is 1.40. The maximum absolute atomic E-state index is 12.6. The Kier molecular flexibility index (Phi) is 3.97. The lowest BCUT2D eigenvalue weighted by Crippen LogP contribution is -2.33. The largest absolute Gasteiger partial charge is 0.371 e. The predicted molar refractivity (Wildman–Crippen MR) is 95.4 cm³/mol. The van der Waals surface area contributed by atoms with Gasteiger partial charge in [0.1, 0.15) is 6.04 Å². The quantitative estimate of drug-likeness (QED) is 0.772. The second-order valence-corrected chi connectivity index (χ2v) is 6.26. The zero-order valence-corrected chi connectivity index (χ0v) is 14.0. The van der Waals surface area contributed by atoms with Gasteiger partial charge in [-0.15, -0.1) is 0 Å². The molecule has 1 aromatic carbocycles. The lowest BCUT2D eigenvalue weighted by atomic mass is 10.2. The number of amides is 1. The van der Waals surface area contributed by atoms with Crippen LogP contribution in [0.15, 0.2) is 55.1 Å². The first kappa shape index (κ1) is 15.4. The Hall–Kier alpha value is -3.09. The first-order valence-electron chi connectivity index (χ1n) is 8.32. The molecule has 0 bridgehead atoms. The Morgan fingerprint density at radius 3 is 2.76 bits per heavy atom. The van der Waals surface area contributed by atoms with Gasteiger partial charge >= 0.3 is 0 Å². The van der Waals surface area contributed by atoms with Crippen LogP contribution in [-0.4, -0.2) is 38.1 Å². The number of rotatable bonds is 5. The molecule has 3 aromatic rings. The van der Waals surface area contributed by atoms with Crippen molar-refractivity contribution >= 4 is 17.3 Å². The van der Waals surface area contributed by atoms with Crippen molar-refractivity contribution in [1.82, 2.24) is 19.6 Å². The molecule has 1 unspecified atom stereocenters. The number of anilines is 2. The molecular weight excluding hydrogens is 316 g/mol. The third-order valence-electron chi connectivity index (χ3n) is 4.37. The average Bonchev–Trinajstić information content (AvgIpc) is 3.31. The number of aromatic nitrogens is 4. The zero-order chi connectivity index (χ0) is 17.2. The van der Waals surface area contributed by atoms with Gasteiger partial charge in [0.25, 0.3) is 0 Å². The van der Waals surface area contributed by atoms with E-state index in [1.165, 1.54) is 5.56 Å². The molecule has 1 amide bonds. The molecule has 3 heterocycles. The van der Waals surface area contributed by atoms with Gasteiger partial charge in [-0.2, -0.15) is 10.2 Å². The summed E-state index contributed by atoms with van der Waals surface area (Å²) in [4.78, 5) is 14.4. The molecule has 1 aliphatic heterocycles. The van der Waals surface area contributed by atoms with Crippen LogP contribution in [0.1, 0.15) is 12.0 Å². The molecule has 7 nitrogen and oxygen atoms in total. The van der Waals surface area contributed by atoms with Gasteiger partial charge in [0.2, 0.25) is 5.91 Å². The Bertz CT molecular complexity index is 869. The average molecular weight is 336 g/mol. The van der Waals surface area contributed by atoms with E-state index in [1.54, 1.807) is 22.0 Å². The summed E-state index contributed by atoms with van der Waals surface area (Å²) in [5, 5.41) is 11.8. The number of benzene rings is 1. The van der Waals surface area contributed by atoms with E-state index in [0.717, 1.165) is 17.8 Å². The Labute approximate surface area is 145 Å². The standard InChI is InChI=1S/C18H20N6O/c1-22-13-16(10-19-22)24-8-7-17(18(24)25)21-15-9-20-23(12-15)11-14-5-3-2-4-6-14/h2-6,9-10,12-13,17,21H,7-8,11H2,1H3. The molecule has 4 rings (SSSR count). The minimum Gasteiger partial charge on any atom is -0.371 e. The second-order valence-electron chi connectivity index (χ2n) is 6.26. The summed E-state index contributed by atoms with van der Waals surface area (Å²) in [6.45, 7) is 1.41. The monoisotopic (exact) mass is 336 g/mol. The summed E-state index contributed by atoms with van der Waals surface area (Å²) < 4.78 is 3.58. The summed E-state index contributed by atoms with van der Waals surface area (Å²) in [6, 6.07) is 9.95. The highest BCUT2D eigenvalue weighted by Gasteiger charge is 2.33. The topological polar surface area (TPSA) is 68.0 Å². The lowest BCUT2D eigenvalue weighted by Gasteiger charge is -2.15. The van der Waals surface area contributed by atoms with Crippen molar-refractivity contribution in [2.24, 2.45) is 7.05 Å². The summed E-state index contributed by atoms with van der Waals surface area (Å²) >= 11 is 0. The maximum Gasteiger partial charge on any atom is 0.249 e. The van der Waals surface area contributed by atoms with Crippen molar-refractivity contribution in [3.05, 3.63) is 60.7 Å². The normalized spacial score (nSPS) is 17.2. The van der Waals surface area contributed by atoms with Gasteiger partial charge in [-0.1, -0.05) is 30.3 Å². The summed E-state index contributed by atoms with van der Waals surface area (Å²) in [6.07, 6.45) is 8.05. The highest BCUT2D eigenvalue weighted by molar-refractivity contribution is 6.00. The van der Waals surface area contributed by atoms with Crippen LogP contribution in [0.3, 0.4) is 0 Å². The van der Waals surface area contributed by atoms with Crippen LogP contribution in [0.5, 0.6) is 0 Å². The molecule has 1 saturated heterocycles. The molecule has 2 aromatic heterocycles. The SMILES string of the molecule is Cn1cc(N2CCC(Nc3cnn(Cc4ccccc4)c3)C2=O)cn1. The van der Waals surface area contributed by atoms with Gasteiger partial charge in [0.05, 0.1) is 30.3 Å². The Morgan fingerprint density at radius 2 is 2.00 bits per heavy atom. The molecule has 1 atom stereocenters. The predicted octanol–water partition coefficient (Wildman–Crippen LogP) is 1.88.